The molecule has 0 unspecified atom stereocenters. The molecule has 0 aliphatic carbocycles. The van der Waals surface area contributed by atoms with Gasteiger partial charge in [-0.05, 0) is 0 Å². The fourth-order valence-electron chi connectivity index (χ4n) is 0.490. The second-order valence-corrected chi connectivity index (χ2v) is 1.84. The van der Waals surface area contributed by atoms with Gasteiger partial charge in [-0.15, -0.1) is 0 Å². The van der Waals surface area contributed by atoms with Crippen molar-refractivity contribution in [2.45, 2.75) is 27.1 Å². The van der Waals surface area contributed by atoms with E-state index in [2.05, 4.69) is 5.32 Å². The highest BCUT2D eigenvalue weighted by atomic mass is 16.7. The van der Waals surface area contributed by atoms with E-state index in [1.807, 2.05) is 13.8 Å². The number of carbonyl (C=O) groups is 1. The van der Waals surface area contributed by atoms with Crippen molar-refractivity contribution in [1.29, 1.82) is 0 Å². The Labute approximate surface area is 74.2 Å². The van der Waals surface area contributed by atoms with Crippen LogP contribution < -0.4 is 5.32 Å². The molecule has 0 rings (SSSR count). The molecule has 0 saturated heterocycles. The average Bonchev–Trinajstić information content (AvgIpc) is 2.09. The lowest BCUT2D eigenvalue weighted by Gasteiger charge is -2.12. The first-order valence-corrected chi connectivity index (χ1v) is 4.00. The van der Waals surface area contributed by atoms with E-state index in [9.17, 15) is 4.79 Å². The predicted octanol–water partition coefficient (Wildman–Crippen LogP) is 0.768. The Morgan fingerprint density at radius 2 is 1.75 bits per heavy atom. The first-order chi connectivity index (χ1) is 5.70. The SMILES string of the molecule is CC.COC(CNC(C)=O)OC. The maximum Gasteiger partial charge on any atom is 0.217 e. The van der Waals surface area contributed by atoms with E-state index in [4.69, 9.17) is 9.47 Å². The third-order valence-corrected chi connectivity index (χ3v) is 1.04. The molecular weight excluding hydrogens is 158 g/mol. The van der Waals surface area contributed by atoms with Crippen LogP contribution in [-0.4, -0.2) is 33.0 Å². The molecule has 0 aromatic rings. The van der Waals surface area contributed by atoms with Crippen LogP contribution in [0.3, 0.4) is 0 Å². The van der Waals surface area contributed by atoms with Crippen LogP contribution in [0.1, 0.15) is 20.8 Å². The second-order valence-electron chi connectivity index (χ2n) is 1.84. The lowest BCUT2D eigenvalue weighted by atomic mass is 10.6. The zero-order chi connectivity index (χ0) is 9.98. The molecule has 0 aliphatic heterocycles. The minimum atomic E-state index is -0.344. The van der Waals surface area contributed by atoms with E-state index >= 15 is 0 Å². The summed E-state index contributed by atoms with van der Waals surface area (Å²) in [5, 5.41) is 2.56. The summed E-state index contributed by atoms with van der Waals surface area (Å²) in [6.07, 6.45) is -0.344. The average molecular weight is 177 g/mol. The Morgan fingerprint density at radius 3 is 2.00 bits per heavy atom. The zero-order valence-electron chi connectivity index (χ0n) is 8.51. The van der Waals surface area contributed by atoms with Crippen molar-refractivity contribution in [3.63, 3.8) is 0 Å². The van der Waals surface area contributed by atoms with Crippen LogP contribution >= 0.6 is 0 Å². The van der Waals surface area contributed by atoms with E-state index in [0.29, 0.717) is 6.54 Å². The Bertz CT molecular complexity index is 102. The summed E-state index contributed by atoms with van der Waals surface area (Å²) in [7, 11) is 3.05. The fraction of sp³-hybridized carbons (Fsp3) is 0.875. The number of rotatable bonds is 4. The van der Waals surface area contributed by atoms with Crippen LogP contribution in [0.5, 0.6) is 0 Å². The Morgan fingerprint density at radius 1 is 1.33 bits per heavy atom. The largest absolute Gasteiger partial charge is 0.354 e. The summed E-state index contributed by atoms with van der Waals surface area (Å²) in [4.78, 5) is 10.4. The highest BCUT2D eigenvalue weighted by Gasteiger charge is 2.03. The Kier molecular flexibility index (Phi) is 12.1. The predicted molar refractivity (Wildman–Crippen MR) is 47.8 cm³/mol. The monoisotopic (exact) mass is 177 g/mol. The number of nitrogens with one attached hydrogen (secondary N) is 1. The quantitative estimate of drug-likeness (QED) is 0.645. The van der Waals surface area contributed by atoms with E-state index in [1.165, 1.54) is 21.1 Å². The smallest absolute Gasteiger partial charge is 0.217 e. The van der Waals surface area contributed by atoms with Crippen molar-refractivity contribution >= 4 is 5.91 Å². The highest BCUT2D eigenvalue weighted by Crippen LogP contribution is 1.86. The molecule has 0 heterocycles. The van der Waals surface area contributed by atoms with Crippen LogP contribution in [0.15, 0.2) is 0 Å². The molecule has 0 atom stereocenters. The van der Waals surface area contributed by atoms with E-state index < -0.39 is 0 Å². The molecular formula is C8H19NO3. The van der Waals surface area contributed by atoms with Gasteiger partial charge < -0.3 is 14.8 Å². The molecule has 0 bridgehead atoms. The Hall–Kier alpha value is -0.610. The van der Waals surface area contributed by atoms with E-state index in [0.717, 1.165) is 0 Å². The number of ether oxygens (including phenoxy) is 2. The number of hydrogen-bond donors (Lipinski definition) is 1. The van der Waals surface area contributed by atoms with Crippen molar-refractivity contribution in [2.24, 2.45) is 0 Å². The number of methoxy groups -OCH3 is 2. The number of carbonyl (C=O) groups excluding carboxylic acids is 1. The van der Waals surface area contributed by atoms with Crippen molar-refractivity contribution in [1.82, 2.24) is 5.32 Å². The maximum atomic E-state index is 10.4. The lowest BCUT2D eigenvalue weighted by Crippen LogP contribution is -2.32. The topological polar surface area (TPSA) is 47.6 Å². The molecule has 0 radical (unpaired) electrons. The van der Waals surface area contributed by atoms with Crippen LogP contribution in [0.4, 0.5) is 0 Å². The molecule has 0 aromatic heterocycles. The molecule has 0 spiro atoms. The molecule has 4 nitrogen and oxygen atoms in total. The highest BCUT2D eigenvalue weighted by molar-refractivity contribution is 5.72. The first kappa shape index (κ1) is 13.9. The van der Waals surface area contributed by atoms with Crippen LogP contribution in [-0.2, 0) is 14.3 Å². The Balaban J connectivity index is 0. The van der Waals surface area contributed by atoms with Crippen LogP contribution in [0.25, 0.3) is 0 Å². The molecule has 4 heteroatoms. The molecule has 12 heavy (non-hydrogen) atoms. The molecule has 1 N–H and O–H groups in total. The summed E-state index contributed by atoms with van der Waals surface area (Å²) in [5.41, 5.74) is 0. The minimum Gasteiger partial charge on any atom is -0.354 e. The minimum absolute atomic E-state index is 0.0842. The summed E-state index contributed by atoms with van der Waals surface area (Å²) in [5.74, 6) is -0.0842. The summed E-state index contributed by atoms with van der Waals surface area (Å²) in [6.45, 7) is 5.84. The third kappa shape index (κ3) is 9.39. The van der Waals surface area contributed by atoms with Crippen molar-refractivity contribution in [3.8, 4) is 0 Å². The van der Waals surface area contributed by atoms with E-state index in [1.54, 1.807) is 0 Å². The van der Waals surface area contributed by atoms with E-state index in [-0.39, 0.29) is 12.2 Å². The van der Waals surface area contributed by atoms with Gasteiger partial charge in [0, 0.05) is 21.1 Å². The third-order valence-electron chi connectivity index (χ3n) is 1.04. The van der Waals surface area contributed by atoms with Crippen molar-refractivity contribution < 1.29 is 14.3 Å². The van der Waals surface area contributed by atoms with Gasteiger partial charge in [0.1, 0.15) is 0 Å². The van der Waals surface area contributed by atoms with Gasteiger partial charge >= 0.3 is 0 Å². The van der Waals surface area contributed by atoms with Gasteiger partial charge in [0.2, 0.25) is 5.91 Å². The van der Waals surface area contributed by atoms with Gasteiger partial charge in [0.05, 0.1) is 6.54 Å². The van der Waals surface area contributed by atoms with Gasteiger partial charge in [0.25, 0.3) is 0 Å². The molecule has 74 valence electrons. The summed E-state index contributed by atoms with van der Waals surface area (Å²) in [6, 6.07) is 0. The second kappa shape index (κ2) is 10.4. The molecule has 1 amide bonds. The maximum absolute atomic E-state index is 10.4. The lowest BCUT2D eigenvalue weighted by molar-refractivity contribution is -0.125. The molecule has 0 fully saturated rings. The van der Waals surface area contributed by atoms with Crippen LogP contribution in [0, 0.1) is 0 Å². The van der Waals surface area contributed by atoms with Gasteiger partial charge in [-0.1, -0.05) is 13.8 Å². The van der Waals surface area contributed by atoms with Crippen LogP contribution in [0.2, 0.25) is 0 Å². The first-order valence-electron chi connectivity index (χ1n) is 4.00. The van der Waals surface area contributed by atoms with Gasteiger partial charge in [-0.2, -0.15) is 0 Å². The number of hydrogen-bond acceptors (Lipinski definition) is 3. The van der Waals surface area contributed by atoms with Gasteiger partial charge in [-0.3, -0.25) is 4.79 Å². The van der Waals surface area contributed by atoms with Gasteiger partial charge in [0.15, 0.2) is 6.29 Å². The van der Waals surface area contributed by atoms with Gasteiger partial charge in [-0.25, -0.2) is 0 Å². The summed E-state index contributed by atoms with van der Waals surface area (Å²) >= 11 is 0. The summed E-state index contributed by atoms with van der Waals surface area (Å²) < 4.78 is 9.63. The fourth-order valence-corrected chi connectivity index (χ4v) is 0.490. The normalized spacial score (nSPS) is 8.83. The molecule has 0 aliphatic rings. The molecule has 0 aromatic carbocycles. The number of amides is 1. The standard InChI is InChI=1S/C6H13NO3.C2H6/c1-5(8)7-4-6(9-2)10-3;1-2/h6H,4H2,1-3H3,(H,7,8);1-2H3. The molecule has 0 saturated carbocycles. The van der Waals surface area contributed by atoms with Crippen molar-refractivity contribution in [2.75, 3.05) is 20.8 Å². The zero-order valence-corrected chi connectivity index (χ0v) is 8.51. The van der Waals surface area contributed by atoms with Crippen molar-refractivity contribution in [3.05, 3.63) is 0 Å².